The zero-order valence-electron chi connectivity index (χ0n) is 21.3. The van der Waals surface area contributed by atoms with Crippen LogP contribution in [0.1, 0.15) is 21.5 Å². The molecule has 0 heterocycles. The number of para-hydroxylation sites is 2. The summed E-state index contributed by atoms with van der Waals surface area (Å²) in [4.78, 5) is 26.2. The molecule has 0 saturated heterocycles. The van der Waals surface area contributed by atoms with Crippen LogP contribution in [0, 0.1) is 6.92 Å². The highest BCUT2D eigenvalue weighted by Gasteiger charge is 2.29. The molecule has 0 fully saturated rings. The van der Waals surface area contributed by atoms with Gasteiger partial charge in [-0.1, -0.05) is 83.9 Å². The van der Waals surface area contributed by atoms with Gasteiger partial charge >= 0.3 is 0 Å². The van der Waals surface area contributed by atoms with Crippen LogP contribution in [-0.4, -0.2) is 33.3 Å². The normalized spacial score (nSPS) is 11.0. The summed E-state index contributed by atoms with van der Waals surface area (Å²) >= 11 is 6.35. The molecule has 200 valence electrons. The van der Waals surface area contributed by atoms with Crippen molar-refractivity contribution in [1.29, 1.82) is 0 Å². The van der Waals surface area contributed by atoms with Crippen molar-refractivity contribution in [2.24, 2.45) is 0 Å². The van der Waals surface area contributed by atoms with Crippen molar-refractivity contribution in [3.63, 3.8) is 0 Å². The molecule has 4 rings (SSSR count). The van der Waals surface area contributed by atoms with E-state index >= 15 is 0 Å². The number of aryl methyl sites for hydroxylation is 1. The number of rotatable bonds is 10. The molecule has 0 aliphatic carbocycles. The Bertz CT molecular complexity index is 1560. The van der Waals surface area contributed by atoms with Crippen LogP contribution in [0.3, 0.4) is 0 Å². The Morgan fingerprint density at radius 1 is 0.821 bits per heavy atom. The molecule has 0 bridgehead atoms. The number of halogens is 1. The molecule has 0 aliphatic rings. The molecule has 0 saturated carbocycles. The van der Waals surface area contributed by atoms with Gasteiger partial charge in [-0.3, -0.25) is 13.9 Å². The minimum atomic E-state index is -4.14. The Hall–Kier alpha value is -4.14. The predicted octanol–water partition coefficient (Wildman–Crippen LogP) is 5.45. The van der Waals surface area contributed by atoms with E-state index in [1.54, 1.807) is 54.6 Å². The average Bonchev–Trinajstić information content (AvgIpc) is 2.93. The van der Waals surface area contributed by atoms with Crippen molar-refractivity contribution in [3.8, 4) is 0 Å². The van der Waals surface area contributed by atoms with Gasteiger partial charge in [0, 0.05) is 6.54 Å². The van der Waals surface area contributed by atoms with Crippen LogP contribution in [0.15, 0.2) is 108 Å². The van der Waals surface area contributed by atoms with Gasteiger partial charge in [-0.2, -0.15) is 0 Å². The van der Waals surface area contributed by atoms with Crippen molar-refractivity contribution < 1.29 is 18.0 Å². The Labute approximate surface area is 233 Å². The SMILES string of the molecule is Cc1ccc(S(=O)(=O)N(CC(=O)Nc2ccccc2C(=O)NCCc2ccccc2)c2ccccc2Cl)cc1. The minimum absolute atomic E-state index is 0.0269. The molecular formula is C30H28ClN3O4S. The molecule has 0 spiro atoms. The smallest absolute Gasteiger partial charge is 0.264 e. The summed E-state index contributed by atoms with van der Waals surface area (Å²) in [6.07, 6.45) is 0.658. The van der Waals surface area contributed by atoms with Crippen LogP contribution in [0.2, 0.25) is 5.02 Å². The minimum Gasteiger partial charge on any atom is -0.352 e. The van der Waals surface area contributed by atoms with Crippen LogP contribution in [-0.2, 0) is 21.2 Å². The van der Waals surface area contributed by atoms with Crippen molar-refractivity contribution in [3.05, 3.63) is 125 Å². The lowest BCUT2D eigenvalue weighted by molar-refractivity contribution is -0.114. The summed E-state index contributed by atoms with van der Waals surface area (Å²) in [6, 6.07) is 29.1. The van der Waals surface area contributed by atoms with Crippen molar-refractivity contribution >= 4 is 44.8 Å². The maximum absolute atomic E-state index is 13.6. The zero-order chi connectivity index (χ0) is 27.8. The lowest BCUT2D eigenvalue weighted by Gasteiger charge is -2.25. The van der Waals surface area contributed by atoms with E-state index in [4.69, 9.17) is 11.6 Å². The van der Waals surface area contributed by atoms with E-state index in [1.165, 1.54) is 18.2 Å². The van der Waals surface area contributed by atoms with E-state index in [9.17, 15) is 18.0 Å². The topological polar surface area (TPSA) is 95.6 Å². The summed E-state index contributed by atoms with van der Waals surface area (Å²) in [5.41, 5.74) is 2.70. The molecule has 2 N–H and O–H groups in total. The third-order valence-corrected chi connectivity index (χ3v) is 8.10. The fourth-order valence-electron chi connectivity index (χ4n) is 3.96. The Morgan fingerprint density at radius 2 is 1.46 bits per heavy atom. The first-order valence-corrected chi connectivity index (χ1v) is 14.1. The van der Waals surface area contributed by atoms with Crippen molar-refractivity contribution in [1.82, 2.24) is 5.32 Å². The van der Waals surface area contributed by atoms with Crippen LogP contribution in [0.25, 0.3) is 0 Å². The van der Waals surface area contributed by atoms with Gasteiger partial charge in [0.1, 0.15) is 6.54 Å². The highest BCUT2D eigenvalue weighted by atomic mass is 35.5. The van der Waals surface area contributed by atoms with Gasteiger partial charge in [0.2, 0.25) is 5.91 Å². The Morgan fingerprint density at radius 3 is 2.18 bits per heavy atom. The second-order valence-electron chi connectivity index (χ2n) is 8.86. The Kier molecular flexibility index (Phi) is 9.01. The van der Waals surface area contributed by atoms with Gasteiger partial charge in [-0.15, -0.1) is 0 Å². The molecule has 39 heavy (non-hydrogen) atoms. The number of carbonyl (C=O) groups excluding carboxylic acids is 2. The molecule has 7 nitrogen and oxygen atoms in total. The molecule has 4 aromatic rings. The van der Waals surface area contributed by atoms with Crippen LogP contribution in [0.4, 0.5) is 11.4 Å². The third kappa shape index (κ3) is 7.04. The number of sulfonamides is 1. The molecule has 9 heteroatoms. The standard InChI is InChI=1S/C30H28ClN3O4S/c1-22-15-17-24(18-16-22)39(37,38)34(28-14-8-6-12-26(28)31)21-29(35)33-27-13-7-5-11-25(27)30(36)32-20-19-23-9-3-2-4-10-23/h2-18H,19-21H2,1H3,(H,32,36)(H,33,35). The molecule has 0 atom stereocenters. The second kappa shape index (κ2) is 12.6. The van der Waals surface area contributed by atoms with Crippen molar-refractivity contribution in [2.45, 2.75) is 18.2 Å². The highest BCUT2D eigenvalue weighted by Crippen LogP contribution is 2.30. The van der Waals surface area contributed by atoms with Gasteiger partial charge in [0.15, 0.2) is 0 Å². The molecule has 2 amide bonds. The molecular weight excluding hydrogens is 534 g/mol. The quantitative estimate of drug-likeness (QED) is 0.269. The summed E-state index contributed by atoms with van der Waals surface area (Å²) in [5, 5.41) is 5.75. The number of anilines is 2. The summed E-state index contributed by atoms with van der Waals surface area (Å²) < 4.78 is 28.2. The fraction of sp³-hybridized carbons (Fsp3) is 0.133. The average molecular weight is 562 g/mol. The first kappa shape index (κ1) is 27.9. The molecule has 0 radical (unpaired) electrons. The van der Waals surface area contributed by atoms with E-state index in [2.05, 4.69) is 10.6 Å². The zero-order valence-corrected chi connectivity index (χ0v) is 22.9. The molecule has 0 aliphatic heterocycles. The lowest BCUT2D eigenvalue weighted by atomic mass is 10.1. The summed E-state index contributed by atoms with van der Waals surface area (Å²) in [7, 11) is -4.14. The maximum atomic E-state index is 13.6. The number of hydrogen-bond acceptors (Lipinski definition) is 4. The number of nitrogens with zero attached hydrogens (tertiary/aromatic N) is 1. The molecule has 0 aromatic heterocycles. The highest BCUT2D eigenvalue weighted by molar-refractivity contribution is 7.92. The first-order chi connectivity index (χ1) is 18.8. The van der Waals surface area contributed by atoms with Gasteiger partial charge in [-0.05, 0) is 55.3 Å². The maximum Gasteiger partial charge on any atom is 0.264 e. The Balaban J connectivity index is 1.53. The first-order valence-electron chi connectivity index (χ1n) is 12.3. The summed E-state index contributed by atoms with van der Waals surface area (Å²) in [6.45, 7) is 1.72. The number of amides is 2. The second-order valence-corrected chi connectivity index (χ2v) is 11.1. The van der Waals surface area contributed by atoms with Gasteiger partial charge in [0.05, 0.1) is 26.9 Å². The monoisotopic (exact) mass is 561 g/mol. The van der Waals surface area contributed by atoms with Crippen LogP contribution < -0.4 is 14.9 Å². The van der Waals surface area contributed by atoms with Gasteiger partial charge < -0.3 is 10.6 Å². The molecule has 4 aromatic carbocycles. The number of carbonyl (C=O) groups is 2. The lowest BCUT2D eigenvalue weighted by Crippen LogP contribution is -2.38. The van der Waals surface area contributed by atoms with E-state index in [-0.39, 0.29) is 32.8 Å². The predicted molar refractivity (Wildman–Crippen MR) is 155 cm³/mol. The van der Waals surface area contributed by atoms with Gasteiger partial charge in [0.25, 0.3) is 15.9 Å². The number of hydrogen-bond donors (Lipinski definition) is 2. The third-order valence-electron chi connectivity index (χ3n) is 6.01. The van der Waals surface area contributed by atoms with E-state index in [0.717, 1.165) is 15.4 Å². The van der Waals surface area contributed by atoms with E-state index < -0.39 is 22.5 Å². The van der Waals surface area contributed by atoms with E-state index in [0.29, 0.717) is 13.0 Å². The summed E-state index contributed by atoms with van der Waals surface area (Å²) in [5.74, 6) is -0.979. The largest absolute Gasteiger partial charge is 0.352 e. The van der Waals surface area contributed by atoms with E-state index in [1.807, 2.05) is 37.3 Å². The van der Waals surface area contributed by atoms with Crippen molar-refractivity contribution in [2.75, 3.05) is 22.7 Å². The van der Waals surface area contributed by atoms with Gasteiger partial charge in [-0.25, -0.2) is 8.42 Å². The number of benzene rings is 4. The molecule has 0 unspecified atom stereocenters. The van der Waals surface area contributed by atoms with Crippen LogP contribution >= 0.6 is 11.6 Å². The van der Waals surface area contributed by atoms with Crippen LogP contribution in [0.5, 0.6) is 0 Å². The fourth-order valence-corrected chi connectivity index (χ4v) is 5.69. The number of nitrogens with one attached hydrogen (secondary N) is 2.